The van der Waals surface area contributed by atoms with Gasteiger partial charge in [-0.15, -0.1) is 0 Å². The van der Waals surface area contributed by atoms with Crippen LogP contribution in [0.4, 0.5) is 18.9 Å². The zero-order valence-electron chi connectivity index (χ0n) is 11.0. The molecule has 0 amide bonds. The normalized spacial score (nSPS) is 11.0. The Balaban J connectivity index is 1.92. The van der Waals surface area contributed by atoms with Crippen LogP contribution in [0.3, 0.4) is 0 Å². The van der Waals surface area contributed by atoms with E-state index in [1.807, 2.05) is 0 Å². The van der Waals surface area contributed by atoms with Crippen molar-refractivity contribution in [2.75, 3.05) is 6.79 Å². The zero-order chi connectivity index (χ0) is 16.2. The molecule has 22 heavy (non-hydrogen) atoms. The number of non-ortho nitro benzene ring substituents is 1. The maximum absolute atomic E-state index is 12.5. The predicted molar refractivity (Wildman–Crippen MR) is 70.7 cm³/mol. The van der Waals surface area contributed by atoms with Crippen LogP contribution in [0.15, 0.2) is 48.5 Å². The van der Waals surface area contributed by atoms with Crippen LogP contribution < -0.4 is 9.47 Å². The molecule has 0 unspecified atom stereocenters. The average molecular weight is 313 g/mol. The van der Waals surface area contributed by atoms with Crippen LogP contribution in [0.25, 0.3) is 0 Å². The molecule has 0 saturated carbocycles. The molecule has 0 heterocycles. The third-order valence-electron chi connectivity index (χ3n) is 2.66. The highest BCUT2D eigenvalue weighted by Gasteiger charge is 2.30. The van der Waals surface area contributed by atoms with Crippen molar-refractivity contribution in [1.82, 2.24) is 0 Å². The first-order valence-electron chi connectivity index (χ1n) is 6.03. The highest BCUT2D eigenvalue weighted by molar-refractivity contribution is 5.36. The van der Waals surface area contributed by atoms with Gasteiger partial charge in [0.1, 0.15) is 11.5 Å². The van der Waals surface area contributed by atoms with E-state index >= 15 is 0 Å². The van der Waals surface area contributed by atoms with E-state index in [2.05, 4.69) is 0 Å². The number of ether oxygens (including phenoxy) is 2. The van der Waals surface area contributed by atoms with Gasteiger partial charge in [-0.25, -0.2) is 0 Å². The first kappa shape index (κ1) is 15.6. The maximum atomic E-state index is 12.5. The first-order valence-corrected chi connectivity index (χ1v) is 6.03. The minimum atomic E-state index is -4.45. The van der Waals surface area contributed by atoms with E-state index < -0.39 is 16.7 Å². The Hall–Kier alpha value is -2.77. The highest BCUT2D eigenvalue weighted by Crippen LogP contribution is 2.31. The van der Waals surface area contributed by atoms with Gasteiger partial charge in [0, 0.05) is 12.1 Å². The number of halogens is 3. The van der Waals surface area contributed by atoms with Crippen LogP contribution in [0, 0.1) is 10.1 Å². The van der Waals surface area contributed by atoms with Crippen LogP contribution in [-0.2, 0) is 6.18 Å². The summed E-state index contributed by atoms with van der Waals surface area (Å²) in [6.07, 6.45) is -4.45. The molecule has 0 N–H and O–H groups in total. The SMILES string of the molecule is O=[N+]([O-])c1ccc(OCOc2cccc(C(F)(F)F)c2)cc1. The zero-order valence-corrected chi connectivity index (χ0v) is 11.0. The van der Waals surface area contributed by atoms with Crippen molar-refractivity contribution in [3.8, 4) is 11.5 Å². The van der Waals surface area contributed by atoms with Crippen LogP contribution in [0.5, 0.6) is 11.5 Å². The Kier molecular flexibility index (Phi) is 4.50. The average Bonchev–Trinajstić information content (AvgIpc) is 2.47. The smallest absolute Gasteiger partial charge is 0.416 e. The summed E-state index contributed by atoms with van der Waals surface area (Å²) in [6.45, 7) is -0.320. The fourth-order valence-electron chi connectivity index (χ4n) is 1.59. The lowest BCUT2D eigenvalue weighted by molar-refractivity contribution is -0.384. The van der Waals surface area contributed by atoms with Gasteiger partial charge >= 0.3 is 6.18 Å². The van der Waals surface area contributed by atoms with Crippen molar-refractivity contribution >= 4 is 5.69 Å². The van der Waals surface area contributed by atoms with E-state index in [9.17, 15) is 23.3 Å². The number of hydrogen-bond donors (Lipinski definition) is 0. The molecular weight excluding hydrogens is 303 g/mol. The van der Waals surface area contributed by atoms with E-state index in [1.54, 1.807) is 0 Å². The lowest BCUT2D eigenvalue weighted by Crippen LogP contribution is -2.08. The third-order valence-corrected chi connectivity index (χ3v) is 2.66. The minimum absolute atomic E-state index is 0.0109. The van der Waals surface area contributed by atoms with Crippen molar-refractivity contribution in [1.29, 1.82) is 0 Å². The Morgan fingerprint density at radius 1 is 1.00 bits per heavy atom. The molecule has 0 fully saturated rings. The second-order valence-electron chi connectivity index (χ2n) is 4.18. The van der Waals surface area contributed by atoms with Gasteiger partial charge in [-0.3, -0.25) is 10.1 Å². The molecule has 0 aliphatic rings. The minimum Gasteiger partial charge on any atom is -0.457 e. The molecule has 0 spiro atoms. The molecule has 0 atom stereocenters. The molecule has 0 aliphatic heterocycles. The number of alkyl halides is 3. The van der Waals surface area contributed by atoms with Crippen LogP contribution in [-0.4, -0.2) is 11.7 Å². The molecule has 2 aromatic carbocycles. The van der Waals surface area contributed by atoms with Gasteiger partial charge in [0.25, 0.3) is 5.69 Å². The van der Waals surface area contributed by atoms with Gasteiger partial charge in [-0.05, 0) is 30.3 Å². The van der Waals surface area contributed by atoms with Gasteiger partial charge in [0.05, 0.1) is 10.5 Å². The summed E-state index contributed by atoms with van der Waals surface area (Å²) in [5, 5.41) is 10.5. The molecule has 2 rings (SSSR count). The molecular formula is C14H10F3NO4. The first-order chi connectivity index (χ1) is 10.4. The van der Waals surface area contributed by atoms with E-state index in [4.69, 9.17) is 9.47 Å². The van der Waals surface area contributed by atoms with Gasteiger partial charge in [-0.1, -0.05) is 6.07 Å². The molecule has 0 bridgehead atoms. The quantitative estimate of drug-likeness (QED) is 0.475. The Morgan fingerprint density at radius 2 is 1.64 bits per heavy atom. The molecule has 0 saturated heterocycles. The van der Waals surface area contributed by atoms with Crippen LogP contribution in [0.1, 0.15) is 5.56 Å². The van der Waals surface area contributed by atoms with E-state index in [0.29, 0.717) is 5.75 Å². The van der Waals surface area contributed by atoms with Crippen molar-refractivity contribution in [2.24, 2.45) is 0 Å². The van der Waals surface area contributed by atoms with E-state index in [-0.39, 0.29) is 18.2 Å². The Bertz CT molecular complexity index is 656. The number of nitrogens with zero attached hydrogens (tertiary/aromatic N) is 1. The number of hydrogen-bond acceptors (Lipinski definition) is 4. The second kappa shape index (κ2) is 6.33. The molecule has 116 valence electrons. The topological polar surface area (TPSA) is 61.6 Å². The van der Waals surface area contributed by atoms with Crippen molar-refractivity contribution in [2.45, 2.75) is 6.18 Å². The van der Waals surface area contributed by atoms with Crippen molar-refractivity contribution < 1.29 is 27.6 Å². The summed E-state index contributed by atoms with van der Waals surface area (Å²) in [5.41, 5.74) is -0.911. The highest BCUT2D eigenvalue weighted by atomic mass is 19.4. The standard InChI is InChI=1S/C14H10F3NO4/c15-14(16,17)10-2-1-3-13(8-10)22-9-21-12-6-4-11(5-7-12)18(19)20/h1-8H,9H2. The van der Waals surface area contributed by atoms with Crippen molar-refractivity contribution in [3.05, 3.63) is 64.2 Å². The number of nitro groups is 1. The lowest BCUT2D eigenvalue weighted by Gasteiger charge is -2.11. The summed E-state index contributed by atoms with van der Waals surface area (Å²) in [5.74, 6) is 0.314. The van der Waals surface area contributed by atoms with Gasteiger partial charge in [0.15, 0.2) is 0 Å². The summed E-state index contributed by atoms with van der Waals surface area (Å²) < 4.78 is 47.8. The van der Waals surface area contributed by atoms with Gasteiger partial charge in [-0.2, -0.15) is 13.2 Å². The van der Waals surface area contributed by atoms with Crippen molar-refractivity contribution in [3.63, 3.8) is 0 Å². The second-order valence-corrected chi connectivity index (χ2v) is 4.18. The van der Waals surface area contributed by atoms with E-state index in [0.717, 1.165) is 12.1 Å². The number of benzene rings is 2. The summed E-state index contributed by atoms with van der Waals surface area (Å²) in [6, 6.07) is 9.63. The molecule has 8 heteroatoms. The fraction of sp³-hybridized carbons (Fsp3) is 0.143. The third kappa shape index (κ3) is 4.11. The van der Waals surface area contributed by atoms with Crippen LogP contribution in [0.2, 0.25) is 0 Å². The summed E-state index contributed by atoms with van der Waals surface area (Å²) in [7, 11) is 0. The molecule has 0 aromatic heterocycles. The van der Waals surface area contributed by atoms with Crippen LogP contribution >= 0.6 is 0 Å². The largest absolute Gasteiger partial charge is 0.457 e. The molecule has 0 aliphatic carbocycles. The monoisotopic (exact) mass is 313 g/mol. The van der Waals surface area contributed by atoms with Gasteiger partial charge in [0.2, 0.25) is 6.79 Å². The fourth-order valence-corrected chi connectivity index (χ4v) is 1.59. The van der Waals surface area contributed by atoms with E-state index in [1.165, 1.54) is 36.4 Å². The van der Waals surface area contributed by atoms with Gasteiger partial charge < -0.3 is 9.47 Å². The number of nitro benzene ring substituents is 1. The maximum Gasteiger partial charge on any atom is 0.416 e. The summed E-state index contributed by atoms with van der Waals surface area (Å²) >= 11 is 0. The Morgan fingerprint density at radius 3 is 2.23 bits per heavy atom. The lowest BCUT2D eigenvalue weighted by atomic mass is 10.2. The molecule has 5 nitrogen and oxygen atoms in total. The molecule has 2 aromatic rings. The predicted octanol–water partition coefficient (Wildman–Crippen LogP) is 4.03. The molecule has 0 radical (unpaired) electrons. The number of rotatable bonds is 5. The summed E-state index contributed by atoms with van der Waals surface area (Å²) in [4.78, 5) is 9.92. The Labute approximate surface area is 123 Å².